The highest BCUT2D eigenvalue weighted by atomic mass is 32.2. The van der Waals surface area contributed by atoms with E-state index in [1.807, 2.05) is 12.3 Å². The monoisotopic (exact) mass is 328 g/mol. The summed E-state index contributed by atoms with van der Waals surface area (Å²) in [6.45, 7) is 1.99. The van der Waals surface area contributed by atoms with Gasteiger partial charge in [0.05, 0.1) is 0 Å². The van der Waals surface area contributed by atoms with Crippen molar-refractivity contribution in [1.82, 2.24) is 14.1 Å². The Morgan fingerprint density at radius 1 is 1.33 bits per heavy atom. The standard InChI is InChI=1S/C13H20N4O2S2/c1-13(6-4-3-5-7-13)16-21(18,19)11-10(14-2)15-12-17(11)8-9-20-12/h8-9,14,16H,3-7H2,1-2H3. The molecule has 116 valence electrons. The van der Waals surface area contributed by atoms with Gasteiger partial charge in [-0.15, -0.1) is 11.3 Å². The molecule has 3 rings (SSSR count). The van der Waals surface area contributed by atoms with Crippen LogP contribution in [0, 0.1) is 0 Å². The Labute approximate surface area is 128 Å². The van der Waals surface area contributed by atoms with Crippen LogP contribution in [0.2, 0.25) is 0 Å². The lowest BCUT2D eigenvalue weighted by molar-refractivity contribution is 0.293. The summed E-state index contributed by atoms with van der Waals surface area (Å²) in [6.07, 6.45) is 6.82. The van der Waals surface area contributed by atoms with Crippen LogP contribution < -0.4 is 10.0 Å². The lowest BCUT2D eigenvalue weighted by Gasteiger charge is -2.34. The van der Waals surface area contributed by atoms with Gasteiger partial charge in [-0.05, 0) is 19.8 Å². The largest absolute Gasteiger partial charge is 0.371 e. The number of thiazole rings is 1. The summed E-state index contributed by atoms with van der Waals surface area (Å²) in [4.78, 5) is 5.00. The van der Waals surface area contributed by atoms with E-state index in [1.165, 1.54) is 17.8 Å². The first kappa shape index (κ1) is 14.8. The highest BCUT2D eigenvalue weighted by Crippen LogP contribution is 2.31. The summed E-state index contributed by atoms with van der Waals surface area (Å²) in [7, 11) is -1.93. The molecule has 2 N–H and O–H groups in total. The van der Waals surface area contributed by atoms with Crippen LogP contribution in [0.5, 0.6) is 0 Å². The summed E-state index contributed by atoms with van der Waals surface area (Å²) < 4.78 is 30.2. The first-order chi connectivity index (χ1) is 9.95. The Kier molecular flexibility index (Phi) is 3.71. The van der Waals surface area contributed by atoms with Gasteiger partial charge >= 0.3 is 0 Å². The molecule has 0 aromatic carbocycles. The van der Waals surface area contributed by atoms with Gasteiger partial charge in [0.15, 0.2) is 15.8 Å². The van der Waals surface area contributed by atoms with E-state index in [4.69, 9.17) is 0 Å². The average molecular weight is 328 g/mol. The Bertz CT molecular complexity index is 741. The van der Waals surface area contributed by atoms with Crippen LogP contribution in [0.3, 0.4) is 0 Å². The minimum atomic E-state index is -3.62. The van der Waals surface area contributed by atoms with Crippen LogP contribution in [0.1, 0.15) is 39.0 Å². The van der Waals surface area contributed by atoms with Gasteiger partial charge in [0.25, 0.3) is 10.0 Å². The molecule has 1 aliphatic carbocycles. The number of nitrogens with one attached hydrogen (secondary N) is 2. The van der Waals surface area contributed by atoms with E-state index in [0.29, 0.717) is 10.8 Å². The lowest BCUT2D eigenvalue weighted by atomic mass is 9.84. The molecule has 1 aliphatic rings. The zero-order chi connectivity index (χ0) is 15.1. The number of aromatic nitrogens is 2. The van der Waals surface area contributed by atoms with Crippen LogP contribution in [-0.2, 0) is 10.0 Å². The lowest BCUT2D eigenvalue weighted by Crippen LogP contribution is -2.47. The molecule has 0 atom stereocenters. The third-order valence-electron chi connectivity index (χ3n) is 4.05. The van der Waals surface area contributed by atoms with E-state index in [-0.39, 0.29) is 10.6 Å². The number of imidazole rings is 1. The third-order valence-corrected chi connectivity index (χ3v) is 6.46. The SMILES string of the molecule is CNc1nc2sccn2c1S(=O)(=O)NC1(C)CCCCC1. The first-order valence-corrected chi connectivity index (χ1v) is 9.49. The molecule has 0 amide bonds. The second kappa shape index (κ2) is 5.26. The average Bonchev–Trinajstić information content (AvgIpc) is 2.97. The van der Waals surface area contributed by atoms with Gasteiger partial charge in [0, 0.05) is 24.2 Å². The molecule has 0 bridgehead atoms. The van der Waals surface area contributed by atoms with Gasteiger partial charge in [-0.25, -0.2) is 18.1 Å². The molecule has 0 saturated heterocycles. The van der Waals surface area contributed by atoms with Gasteiger partial charge in [-0.3, -0.25) is 4.40 Å². The summed E-state index contributed by atoms with van der Waals surface area (Å²) in [5, 5.41) is 4.92. The predicted molar refractivity (Wildman–Crippen MR) is 84.4 cm³/mol. The van der Waals surface area contributed by atoms with Crippen molar-refractivity contribution in [2.75, 3.05) is 12.4 Å². The van der Waals surface area contributed by atoms with E-state index >= 15 is 0 Å². The van der Waals surface area contributed by atoms with Crippen LogP contribution in [0.4, 0.5) is 5.82 Å². The molecule has 1 fully saturated rings. The zero-order valence-corrected chi connectivity index (χ0v) is 13.9. The number of sulfonamides is 1. The fourth-order valence-corrected chi connectivity index (χ4v) is 5.52. The van der Waals surface area contributed by atoms with E-state index < -0.39 is 10.0 Å². The molecular weight excluding hydrogens is 308 g/mol. The van der Waals surface area contributed by atoms with Gasteiger partial charge in [0.1, 0.15) is 0 Å². The molecular formula is C13H20N4O2S2. The zero-order valence-electron chi connectivity index (χ0n) is 12.2. The molecule has 1 saturated carbocycles. The minimum absolute atomic E-state index is 0.202. The second-order valence-corrected chi connectivity index (χ2v) is 8.27. The van der Waals surface area contributed by atoms with E-state index in [0.717, 1.165) is 25.7 Å². The molecule has 0 radical (unpaired) electrons. The van der Waals surface area contributed by atoms with E-state index in [2.05, 4.69) is 15.0 Å². The van der Waals surface area contributed by atoms with Crippen molar-refractivity contribution in [3.63, 3.8) is 0 Å². The van der Waals surface area contributed by atoms with Crippen molar-refractivity contribution in [1.29, 1.82) is 0 Å². The quantitative estimate of drug-likeness (QED) is 0.904. The molecule has 8 heteroatoms. The fraction of sp³-hybridized carbons (Fsp3) is 0.615. The van der Waals surface area contributed by atoms with Crippen LogP contribution in [0.15, 0.2) is 16.6 Å². The predicted octanol–water partition coefficient (Wildman–Crippen LogP) is 2.44. The number of rotatable bonds is 4. The Morgan fingerprint density at radius 3 is 2.71 bits per heavy atom. The molecule has 6 nitrogen and oxygen atoms in total. The van der Waals surface area contributed by atoms with Crippen molar-refractivity contribution in [3.8, 4) is 0 Å². The number of hydrogen-bond acceptors (Lipinski definition) is 5. The van der Waals surface area contributed by atoms with E-state index in [9.17, 15) is 8.42 Å². The highest BCUT2D eigenvalue weighted by molar-refractivity contribution is 7.89. The topological polar surface area (TPSA) is 75.5 Å². The Morgan fingerprint density at radius 2 is 2.05 bits per heavy atom. The smallest absolute Gasteiger partial charge is 0.260 e. The van der Waals surface area contributed by atoms with Gasteiger partial charge < -0.3 is 5.32 Å². The molecule has 21 heavy (non-hydrogen) atoms. The van der Waals surface area contributed by atoms with Crippen molar-refractivity contribution < 1.29 is 8.42 Å². The van der Waals surface area contributed by atoms with Crippen LogP contribution in [-0.4, -0.2) is 30.4 Å². The third kappa shape index (κ3) is 2.67. The maximum Gasteiger partial charge on any atom is 0.260 e. The summed E-state index contributed by atoms with van der Waals surface area (Å²) in [5.41, 5.74) is -0.359. The van der Waals surface area contributed by atoms with Gasteiger partial charge in [0.2, 0.25) is 0 Å². The Balaban J connectivity index is 2.01. The van der Waals surface area contributed by atoms with Crippen molar-refractivity contribution in [3.05, 3.63) is 11.6 Å². The summed E-state index contributed by atoms with van der Waals surface area (Å²) in [6, 6.07) is 0. The van der Waals surface area contributed by atoms with Gasteiger partial charge in [-0.2, -0.15) is 0 Å². The second-order valence-electron chi connectivity index (χ2n) is 5.80. The first-order valence-electron chi connectivity index (χ1n) is 7.12. The molecule has 2 aromatic heterocycles. The Hall–Kier alpha value is -1.12. The molecule has 2 aromatic rings. The molecule has 2 heterocycles. The fourth-order valence-electron chi connectivity index (χ4n) is 2.99. The number of hydrogen-bond donors (Lipinski definition) is 2. The number of fused-ring (bicyclic) bond motifs is 1. The molecule has 0 unspecified atom stereocenters. The molecule has 0 spiro atoms. The van der Waals surface area contributed by atoms with Crippen molar-refractivity contribution >= 4 is 32.1 Å². The maximum absolute atomic E-state index is 12.9. The molecule has 0 aliphatic heterocycles. The number of nitrogens with zero attached hydrogens (tertiary/aromatic N) is 2. The van der Waals surface area contributed by atoms with Crippen molar-refractivity contribution in [2.24, 2.45) is 0 Å². The summed E-state index contributed by atoms with van der Waals surface area (Å²) in [5.74, 6) is 0.397. The summed E-state index contributed by atoms with van der Waals surface area (Å²) >= 11 is 1.42. The van der Waals surface area contributed by atoms with Gasteiger partial charge in [-0.1, -0.05) is 19.3 Å². The van der Waals surface area contributed by atoms with Crippen LogP contribution >= 0.6 is 11.3 Å². The maximum atomic E-state index is 12.9. The normalized spacial score (nSPS) is 19.0. The van der Waals surface area contributed by atoms with Crippen LogP contribution in [0.25, 0.3) is 4.96 Å². The minimum Gasteiger partial charge on any atom is -0.371 e. The highest BCUT2D eigenvalue weighted by Gasteiger charge is 2.35. The van der Waals surface area contributed by atoms with Crippen molar-refractivity contribution in [2.45, 2.75) is 49.6 Å². The number of anilines is 1. The van der Waals surface area contributed by atoms with E-state index in [1.54, 1.807) is 17.6 Å².